The Hall–Kier alpha value is -0.480. The van der Waals surface area contributed by atoms with Crippen LogP contribution in [0.4, 0.5) is 0 Å². The Morgan fingerprint density at radius 3 is 3.00 bits per heavy atom. The third-order valence-corrected chi connectivity index (χ3v) is 3.70. The summed E-state index contributed by atoms with van der Waals surface area (Å²) in [5.74, 6) is 0. The number of hydrogen-bond acceptors (Lipinski definition) is 3. The number of rotatable bonds is 2. The Labute approximate surface area is 82.0 Å². The van der Waals surface area contributed by atoms with Gasteiger partial charge in [-0.3, -0.25) is 0 Å². The van der Waals surface area contributed by atoms with Crippen molar-refractivity contribution in [3.05, 3.63) is 12.4 Å². The molecular weight excluding hydrogens is 184 g/mol. The molecule has 4 heteroatoms. The third kappa shape index (κ3) is 2.25. The first-order valence-electron chi connectivity index (χ1n) is 4.70. The van der Waals surface area contributed by atoms with Crippen LogP contribution in [0.2, 0.25) is 0 Å². The van der Waals surface area contributed by atoms with Crippen LogP contribution in [-0.2, 0) is 0 Å². The van der Waals surface area contributed by atoms with Gasteiger partial charge in [0.25, 0.3) is 0 Å². The number of aromatic nitrogens is 2. The number of aromatic amines is 1. The van der Waals surface area contributed by atoms with Gasteiger partial charge in [-0.2, -0.15) is 0 Å². The molecule has 0 radical (unpaired) electrons. The number of aliphatic hydroxyl groups excluding tert-OH is 1. The van der Waals surface area contributed by atoms with E-state index in [-0.39, 0.29) is 6.10 Å². The van der Waals surface area contributed by atoms with E-state index in [1.807, 2.05) is 6.20 Å². The van der Waals surface area contributed by atoms with Crippen molar-refractivity contribution in [2.75, 3.05) is 0 Å². The number of nitrogens with zero attached hydrogens (tertiary/aromatic N) is 1. The molecule has 1 aromatic rings. The zero-order valence-corrected chi connectivity index (χ0v) is 8.26. The molecule has 0 aliphatic heterocycles. The Bertz CT molecular complexity index is 250. The maximum atomic E-state index is 9.71. The van der Waals surface area contributed by atoms with Gasteiger partial charge in [0, 0.05) is 17.6 Å². The second kappa shape index (κ2) is 4.15. The summed E-state index contributed by atoms with van der Waals surface area (Å²) in [5, 5.41) is 11.0. The van der Waals surface area contributed by atoms with E-state index in [1.165, 1.54) is 6.42 Å². The van der Waals surface area contributed by atoms with Crippen LogP contribution >= 0.6 is 11.8 Å². The zero-order valence-electron chi connectivity index (χ0n) is 7.44. The fraction of sp³-hybridized carbons (Fsp3) is 0.667. The second-order valence-electron chi connectivity index (χ2n) is 3.40. The minimum absolute atomic E-state index is 0.149. The molecule has 1 aliphatic rings. The van der Waals surface area contributed by atoms with Crippen molar-refractivity contribution in [1.29, 1.82) is 0 Å². The van der Waals surface area contributed by atoms with Crippen molar-refractivity contribution in [3.63, 3.8) is 0 Å². The molecule has 1 aliphatic carbocycles. The maximum Gasteiger partial charge on any atom is 0.165 e. The van der Waals surface area contributed by atoms with Gasteiger partial charge in [0.2, 0.25) is 0 Å². The van der Waals surface area contributed by atoms with Crippen molar-refractivity contribution < 1.29 is 5.11 Å². The molecule has 72 valence electrons. The number of aliphatic hydroxyl groups is 1. The fourth-order valence-electron chi connectivity index (χ4n) is 1.67. The van der Waals surface area contributed by atoms with Crippen LogP contribution in [0.5, 0.6) is 0 Å². The highest BCUT2D eigenvalue weighted by molar-refractivity contribution is 7.99. The van der Waals surface area contributed by atoms with Crippen molar-refractivity contribution >= 4 is 11.8 Å². The van der Waals surface area contributed by atoms with Gasteiger partial charge in [-0.25, -0.2) is 4.98 Å². The molecule has 2 N–H and O–H groups in total. The molecule has 0 amide bonds. The Kier molecular flexibility index (Phi) is 2.90. The molecule has 1 aromatic heterocycles. The van der Waals surface area contributed by atoms with Gasteiger partial charge in [-0.15, -0.1) is 0 Å². The standard InChI is InChI=1S/C9H14N2OS/c12-7-3-1-2-4-8(7)13-9-10-5-6-11-9/h5-8,12H,1-4H2,(H,10,11)/t7-,8-/m1/s1. The van der Waals surface area contributed by atoms with Gasteiger partial charge in [0.1, 0.15) is 0 Å². The van der Waals surface area contributed by atoms with Gasteiger partial charge < -0.3 is 10.1 Å². The summed E-state index contributed by atoms with van der Waals surface area (Å²) < 4.78 is 0. The molecule has 1 heterocycles. The molecule has 0 bridgehead atoms. The van der Waals surface area contributed by atoms with E-state index >= 15 is 0 Å². The van der Waals surface area contributed by atoms with Gasteiger partial charge in [-0.05, 0) is 12.8 Å². The van der Waals surface area contributed by atoms with E-state index in [1.54, 1.807) is 18.0 Å². The number of H-pyrrole nitrogens is 1. The quantitative estimate of drug-likeness (QED) is 0.762. The minimum Gasteiger partial charge on any atom is -0.392 e. The first kappa shape index (κ1) is 9.09. The van der Waals surface area contributed by atoms with E-state index in [4.69, 9.17) is 0 Å². The first-order chi connectivity index (χ1) is 6.36. The minimum atomic E-state index is -0.149. The molecule has 0 unspecified atom stereocenters. The lowest BCUT2D eigenvalue weighted by molar-refractivity contribution is 0.137. The molecule has 1 fully saturated rings. The molecule has 2 rings (SSSR count). The number of hydrogen-bond donors (Lipinski definition) is 2. The molecular formula is C9H14N2OS. The molecule has 13 heavy (non-hydrogen) atoms. The monoisotopic (exact) mass is 198 g/mol. The highest BCUT2D eigenvalue weighted by atomic mass is 32.2. The summed E-state index contributed by atoms with van der Waals surface area (Å²) >= 11 is 1.66. The lowest BCUT2D eigenvalue weighted by atomic mass is 9.97. The molecule has 0 aromatic carbocycles. The van der Waals surface area contributed by atoms with Crippen LogP contribution in [0, 0.1) is 0 Å². The normalized spacial score (nSPS) is 29.0. The Morgan fingerprint density at radius 1 is 1.46 bits per heavy atom. The molecule has 0 spiro atoms. The Morgan fingerprint density at radius 2 is 2.31 bits per heavy atom. The average Bonchev–Trinajstić information content (AvgIpc) is 2.61. The summed E-state index contributed by atoms with van der Waals surface area (Å²) in [6.45, 7) is 0. The maximum absolute atomic E-state index is 9.71. The van der Waals surface area contributed by atoms with Crippen LogP contribution in [-0.4, -0.2) is 26.4 Å². The topological polar surface area (TPSA) is 48.9 Å². The van der Waals surface area contributed by atoms with E-state index in [2.05, 4.69) is 9.97 Å². The van der Waals surface area contributed by atoms with Gasteiger partial charge in [0.15, 0.2) is 5.16 Å². The van der Waals surface area contributed by atoms with Crippen molar-refractivity contribution in [2.45, 2.75) is 42.2 Å². The van der Waals surface area contributed by atoms with Crippen LogP contribution in [0.15, 0.2) is 17.6 Å². The lowest BCUT2D eigenvalue weighted by Crippen LogP contribution is -2.26. The third-order valence-electron chi connectivity index (χ3n) is 2.40. The predicted octanol–water partition coefficient (Wildman–Crippen LogP) is 1.81. The van der Waals surface area contributed by atoms with Gasteiger partial charge in [-0.1, -0.05) is 24.6 Å². The Balaban J connectivity index is 1.93. The highest BCUT2D eigenvalue weighted by Crippen LogP contribution is 2.31. The molecule has 3 nitrogen and oxygen atoms in total. The zero-order chi connectivity index (χ0) is 9.10. The molecule has 2 atom stereocenters. The van der Waals surface area contributed by atoms with Gasteiger partial charge in [0.05, 0.1) is 6.10 Å². The van der Waals surface area contributed by atoms with E-state index < -0.39 is 0 Å². The van der Waals surface area contributed by atoms with Crippen molar-refractivity contribution in [3.8, 4) is 0 Å². The summed E-state index contributed by atoms with van der Waals surface area (Å²) in [4.78, 5) is 7.19. The number of thioether (sulfide) groups is 1. The van der Waals surface area contributed by atoms with Crippen LogP contribution < -0.4 is 0 Å². The van der Waals surface area contributed by atoms with Crippen molar-refractivity contribution in [2.24, 2.45) is 0 Å². The number of nitrogens with one attached hydrogen (secondary N) is 1. The summed E-state index contributed by atoms with van der Waals surface area (Å²) in [7, 11) is 0. The summed E-state index contributed by atoms with van der Waals surface area (Å²) in [5.41, 5.74) is 0. The summed E-state index contributed by atoms with van der Waals surface area (Å²) in [6.07, 6.45) is 7.86. The SMILES string of the molecule is O[C@@H]1CCCC[C@H]1Sc1ncc[nH]1. The van der Waals surface area contributed by atoms with Crippen LogP contribution in [0.25, 0.3) is 0 Å². The second-order valence-corrected chi connectivity index (χ2v) is 4.63. The average molecular weight is 198 g/mol. The van der Waals surface area contributed by atoms with Gasteiger partial charge >= 0.3 is 0 Å². The smallest absolute Gasteiger partial charge is 0.165 e. The lowest BCUT2D eigenvalue weighted by Gasteiger charge is -2.25. The molecule has 1 saturated carbocycles. The van der Waals surface area contributed by atoms with E-state index in [9.17, 15) is 5.11 Å². The molecule has 0 saturated heterocycles. The number of imidazole rings is 1. The summed E-state index contributed by atoms with van der Waals surface area (Å²) in [6, 6.07) is 0. The predicted molar refractivity (Wildman–Crippen MR) is 52.7 cm³/mol. The van der Waals surface area contributed by atoms with Crippen LogP contribution in [0.3, 0.4) is 0 Å². The van der Waals surface area contributed by atoms with E-state index in [0.717, 1.165) is 24.4 Å². The first-order valence-corrected chi connectivity index (χ1v) is 5.58. The largest absolute Gasteiger partial charge is 0.392 e. The van der Waals surface area contributed by atoms with E-state index in [0.29, 0.717) is 5.25 Å². The highest BCUT2D eigenvalue weighted by Gasteiger charge is 2.24. The van der Waals surface area contributed by atoms with Crippen LogP contribution in [0.1, 0.15) is 25.7 Å². The van der Waals surface area contributed by atoms with Crippen molar-refractivity contribution in [1.82, 2.24) is 9.97 Å². The fourth-order valence-corrected chi connectivity index (χ4v) is 2.80.